The van der Waals surface area contributed by atoms with Crippen LogP contribution in [0.4, 0.5) is 0 Å². The Labute approximate surface area is 72.6 Å². The molecule has 1 rings (SSSR count). The lowest BCUT2D eigenvalue weighted by atomic mass is 10.9. The van der Waals surface area contributed by atoms with E-state index in [4.69, 9.17) is 4.74 Å². The minimum absolute atomic E-state index is 0.327. The van der Waals surface area contributed by atoms with Crippen LogP contribution in [-0.4, -0.2) is 36.3 Å². The third-order valence-corrected chi connectivity index (χ3v) is 6.59. The van der Waals surface area contributed by atoms with Gasteiger partial charge in [0.05, 0.1) is 13.9 Å². The maximum Gasteiger partial charge on any atom is 0.145 e. The zero-order chi connectivity index (χ0) is 7.56. The summed E-state index contributed by atoms with van der Waals surface area (Å²) in [6.45, 7) is 0.891. The monoisotopic (exact) mass is 197 g/mol. The summed E-state index contributed by atoms with van der Waals surface area (Å²) in [5.74, 6) is 1.12. The lowest BCUT2D eigenvalue weighted by molar-refractivity contribution is 0.191. The highest BCUT2D eigenvalue weighted by Gasteiger charge is 2.24. The van der Waals surface area contributed by atoms with E-state index in [0.29, 0.717) is 5.18 Å². The van der Waals surface area contributed by atoms with Gasteiger partial charge in [0.2, 0.25) is 0 Å². The molecule has 1 saturated heterocycles. The molecule has 0 spiro atoms. The van der Waals surface area contributed by atoms with Gasteiger partial charge in [-0.2, -0.15) is 0 Å². The molecule has 2 unspecified atom stereocenters. The average Bonchev–Trinajstić information content (AvgIpc) is 2.36. The van der Waals surface area contributed by atoms with Gasteiger partial charge in [0.15, 0.2) is 0 Å². The lowest BCUT2D eigenvalue weighted by Gasteiger charge is -2.22. The van der Waals surface area contributed by atoms with E-state index >= 15 is 0 Å². The van der Waals surface area contributed by atoms with E-state index in [1.165, 1.54) is 0 Å². The molecule has 1 aliphatic heterocycles. The highest BCUT2D eigenvalue weighted by atomic mass is 32.7. The third kappa shape index (κ3) is 2.28. The maximum atomic E-state index is 5.45. The fourth-order valence-corrected chi connectivity index (χ4v) is 4.09. The van der Waals surface area contributed by atoms with Crippen molar-refractivity contribution in [3.05, 3.63) is 0 Å². The first-order valence-corrected chi connectivity index (χ1v) is 6.67. The van der Waals surface area contributed by atoms with E-state index in [2.05, 4.69) is 16.9 Å². The van der Waals surface area contributed by atoms with Crippen LogP contribution in [0.2, 0.25) is 0 Å². The number of thiol groups is 1. The Morgan fingerprint density at radius 2 is 2.40 bits per heavy atom. The summed E-state index contributed by atoms with van der Waals surface area (Å²) in [4.78, 5) is 0. The van der Waals surface area contributed by atoms with E-state index in [-0.39, 0.29) is 7.27 Å². The van der Waals surface area contributed by atoms with E-state index < -0.39 is 0 Å². The number of hydrogen-bond donors (Lipinski definition) is 1. The highest BCUT2D eigenvalue weighted by Crippen LogP contribution is 2.54. The lowest BCUT2D eigenvalue weighted by Crippen LogP contribution is -2.09. The zero-order valence-corrected chi connectivity index (χ0v) is 8.76. The van der Waals surface area contributed by atoms with Gasteiger partial charge in [-0.3, -0.25) is 4.67 Å². The van der Waals surface area contributed by atoms with Crippen molar-refractivity contribution in [1.82, 2.24) is 4.67 Å². The molecule has 0 bridgehead atoms. The molecule has 0 radical (unpaired) electrons. The molecule has 0 saturated carbocycles. The Kier molecular flexibility index (Phi) is 3.81. The van der Waals surface area contributed by atoms with Crippen LogP contribution in [0.25, 0.3) is 0 Å². The summed E-state index contributed by atoms with van der Waals surface area (Å²) in [6, 6.07) is 0. The van der Waals surface area contributed by atoms with Gasteiger partial charge in [-0.05, 0) is 14.1 Å². The van der Waals surface area contributed by atoms with Crippen LogP contribution in [0.3, 0.4) is 0 Å². The smallest absolute Gasteiger partial charge is 0.145 e. The van der Waals surface area contributed by atoms with Crippen molar-refractivity contribution in [3.63, 3.8) is 0 Å². The fraction of sp³-hybridized carbons (Fsp3) is 1.00. The predicted octanol–water partition coefficient (Wildman–Crippen LogP) is 1.84. The van der Waals surface area contributed by atoms with Crippen molar-refractivity contribution >= 4 is 31.3 Å². The van der Waals surface area contributed by atoms with Crippen molar-refractivity contribution < 1.29 is 4.74 Å². The van der Waals surface area contributed by atoms with E-state index in [1.807, 2.05) is 25.9 Å². The van der Waals surface area contributed by atoms with Gasteiger partial charge >= 0.3 is 0 Å². The second-order valence-corrected chi connectivity index (χ2v) is 6.87. The molecule has 0 aromatic heterocycles. The Balaban J connectivity index is 2.32. The topological polar surface area (TPSA) is 12.5 Å². The molecule has 0 aliphatic carbocycles. The largest absolute Gasteiger partial charge is 0.360 e. The third-order valence-electron chi connectivity index (χ3n) is 1.20. The zero-order valence-electron chi connectivity index (χ0n) is 6.15. The molecule has 2 atom stereocenters. The molecule has 1 aliphatic rings. The number of rotatable bonds is 2. The van der Waals surface area contributed by atoms with Crippen molar-refractivity contribution in [2.75, 3.05) is 26.5 Å². The van der Waals surface area contributed by atoms with Crippen molar-refractivity contribution in [3.8, 4) is 0 Å². The quantitative estimate of drug-likeness (QED) is 0.536. The Morgan fingerprint density at radius 3 is 2.80 bits per heavy atom. The summed E-state index contributed by atoms with van der Waals surface area (Å²) in [5.41, 5.74) is 0. The van der Waals surface area contributed by atoms with Gasteiger partial charge in [0.1, 0.15) is 5.18 Å². The Hall–Kier alpha value is 1.05. The van der Waals surface area contributed by atoms with Crippen LogP contribution in [-0.2, 0) is 4.74 Å². The minimum atomic E-state index is -0.372. The molecule has 1 fully saturated rings. The summed E-state index contributed by atoms with van der Waals surface area (Å²) in [5, 5.41) is 0.327. The Morgan fingerprint density at radius 1 is 1.70 bits per heavy atom. The summed E-state index contributed by atoms with van der Waals surface area (Å²) in [7, 11) is 3.71. The fourth-order valence-electron chi connectivity index (χ4n) is 0.668. The normalized spacial score (nSPS) is 29.4. The van der Waals surface area contributed by atoms with Gasteiger partial charge < -0.3 is 4.74 Å². The first kappa shape index (κ1) is 9.14. The SMILES string of the molecule is CN(C)P(S)C1OCCS1. The van der Waals surface area contributed by atoms with Crippen LogP contribution in [0.1, 0.15) is 0 Å². The van der Waals surface area contributed by atoms with Crippen LogP contribution in [0, 0.1) is 0 Å². The molecule has 0 amide bonds. The molecule has 2 nitrogen and oxygen atoms in total. The second kappa shape index (κ2) is 4.17. The minimum Gasteiger partial charge on any atom is -0.360 e. The Bertz CT molecular complexity index is 108. The highest BCUT2D eigenvalue weighted by molar-refractivity contribution is 8.47. The molecule has 1 heterocycles. The van der Waals surface area contributed by atoms with Crippen molar-refractivity contribution in [2.24, 2.45) is 0 Å². The average molecular weight is 197 g/mol. The van der Waals surface area contributed by atoms with E-state index in [9.17, 15) is 0 Å². The molecule has 10 heavy (non-hydrogen) atoms. The molecule has 0 N–H and O–H groups in total. The number of hydrogen-bond acceptors (Lipinski definition) is 4. The van der Waals surface area contributed by atoms with Gasteiger partial charge in [-0.15, -0.1) is 24.0 Å². The van der Waals surface area contributed by atoms with Gasteiger partial charge in [0.25, 0.3) is 0 Å². The molecular formula is C5H12NOPS2. The van der Waals surface area contributed by atoms with Crippen LogP contribution in [0.15, 0.2) is 0 Å². The van der Waals surface area contributed by atoms with Crippen molar-refractivity contribution in [1.29, 1.82) is 0 Å². The number of ether oxygens (including phenoxy) is 1. The van der Waals surface area contributed by atoms with Crippen LogP contribution < -0.4 is 0 Å². The van der Waals surface area contributed by atoms with Crippen LogP contribution >= 0.6 is 31.3 Å². The van der Waals surface area contributed by atoms with E-state index in [1.54, 1.807) is 0 Å². The summed E-state index contributed by atoms with van der Waals surface area (Å²) >= 11 is 6.33. The number of thioether (sulfide) groups is 1. The summed E-state index contributed by atoms with van der Waals surface area (Å²) < 4.78 is 7.58. The maximum absolute atomic E-state index is 5.45. The van der Waals surface area contributed by atoms with Crippen molar-refractivity contribution in [2.45, 2.75) is 5.18 Å². The summed E-state index contributed by atoms with van der Waals surface area (Å²) in [6.07, 6.45) is 0. The van der Waals surface area contributed by atoms with Gasteiger partial charge in [0, 0.05) is 5.75 Å². The van der Waals surface area contributed by atoms with Gasteiger partial charge in [-0.25, -0.2) is 0 Å². The molecule has 5 heteroatoms. The molecule has 60 valence electrons. The first-order chi connectivity index (χ1) is 4.72. The predicted molar refractivity (Wildman–Crippen MR) is 51.8 cm³/mol. The first-order valence-electron chi connectivity index (χ1n) is 3.10. The van der Waals surface area contributed by atoms with E-state index in [0.717, 1.165) is 12.4 Å². The molecule has 0 aromatic rings. The molecule has 0 aromatic carbocycles. The van der Waals surface area contributed by atoms with Gasteiger partial charge in [-0.1, -0.05) is 0 Å². The standard InChI is InChI=1S/C5H12NOPS2/c1-6(2)8(9)5-7-3-4-10-5/h5,9H,3-4H2,1-2H3. The number of nitrogens with zero attached hydrogens (tertiary/aromatic N) is 1. The molecular weight excluding hydrogens is 185 g/mol. The van der Waals surface area contributed by atoms with Crippen LogP contribution in [0.5, 0.6) is 0 Å². The second-order valence-electron chi connectivity index (χ2n) is 2.22.